The average Bonchev–Trinajstić information content (AvgIpc) is 3.12. The van der Waals surface area contributed by atoms with Crippen molar-refractivity contribution in [2.75, 3.05) is 23.8 Å². The molecular weight excluding hydrogens is 464 g/mol. The van der Waals surface area contributed by atoms with Crippen molar-refractivity contribution in [2.24, 2.45) is 4.36 Å². The second kappa shape index (κ2) is 11.2. The third kappa shape index (κ3) is 6.46. The van der Waals surface area contributed by atoms with Gasteiger partial charge in [0.1, 0.15) is 5.82 Å². The summed E-state index contributed by atoms with van der Waals surface area (Å²) in [5.41, 5.74) is 2.35. The first-order chi connectivity index (χ1) is 15.8. The number of carbonyl (C=O) groups excluding carboxylic acids is 1. The highest BCUT2D eigenvalue weighted by Gasteiger charge is 2.16. The van der Waals surface area contributed by atoms with Crippen LogP contribution in [0.15, 0.2) is 39.7 Å². The SMILES string of the molecule is CCOC(=O)N=[S-](=O)c1ccc(Nc2ncc(-c3sc(C)nc3C)c(N[C@H](C)CO)n2)cc1. The van der Waals surface area contributed by atoms with Gasteiger partial charge in [-0.05, 0) is 39.8 Å². The van der Waals surface area contributed by atoms with Crippen LogP contribution in [0.25, 0.3) is 10.4 Å². The number of aliphatic hydroxyl groups is 1. The number of nitrogens with one attached hydrogen (secondary N) is 2. The van der Waals surface area contributed by atoms with E-state index in [-0.39, 0.29) is 19.3 Å². The Kier molecular flexibility index (Phi) is 8.31. The van der Waals surface area contributed by atoms with E-state index in [0.717, 1.165) is 21.1 Å². The molecule has 0 fully saturated rings. The molecule has 3 aromatic rings. The number of thiazole rings is 1. The van der Waals surface area contributed by atoms with Crippen LogP contribution in [-0.2, 0) is 19.5 Å². The summed E-state index contributed by atoms with van der Waals surface area (Å²) in [5.74, 6) is 0.919. The number of aliphatic hydroxyl groups excluding tert-OH is 1. The zero-order valence-electron chi connectivity index (χ0n) is 18.7. The van der Waals surface area contributed by atoms with Crippen LogP contribution in [-0.4, -0.2) is 45.4 Å². The van der Waals surface area contributed by atoms with Crippen molar-refractivity contribution >= 4 is 45.5 Å². The molecular formula is C21H25N6O4S2-. The van der Waals surface area contributed by atoms with Crippen LogP contribution in [0.2, 0.25) is 0 Å². The Morgan fingerprint density at radius 3 is 2.61 bits per heavy atom. The van der Waals surface area contributed by atoms with Crippen LogP contribution >= 0.6 is 11.3 Å². The van der Waals surface area contributed by atoms with Gasteiger partial charge < -0.3 is 24.7 Å². The lowest BCUT2D eigenvalue weighted by molar-refractivity contribution is 0.164. The molecule has 2 aromatic heterocycles. The summed E-state index contributed by atoms with van der Waals surface area (Å²) in [7, 11) is -1.85. The molecule has 33 heavy (non-hydrogen) atoms. The van der Waals surface area contributed by atoms with E-state index in [0.29, 0.717) is 22.3 Å². The topological polar surface area (TPSA) is 139 Å². The Hall–Kier alpha value is -3.09. The molecule has 12 heteroatoms. The maximum Gasteiger partial charge on any atom is 0.410 e. The molecule has 0 radical (unpaired) electrons. The molecule has 1 aromatic carbocycles. The summed E-state index contributed by atoms with van der Waals surface area (Å²) in [6, 6.07) is 6.34. The number of nitrogens with zero attached hydrogens (tertiary/aromatic N) is 4. The molecule has 0 aliphatic rings. The number of aromatic nitrogens is 3. The average molecular weight is 490 g/mol. The largest absolute Gasteiger partial charge is 0.450 e. The Morgan fingerprint density at radius 2 is 2.00 bits per heavy atom. The summed E-state index contributed by atoms with van der Waals surface area (Å²) in [5, 5.41) is 16.7. The van der Waals surface area contributed by atoms with Gasteiger partial charge in [0.25, 0.3) is 0 Å². The lowest BCUT2D eigenvalue weighted by Gasteiger charge is -2.16. The highest BCUT2D eigenvalue weighted by Crippen LogP contribution is 2.34. The van der Waals surface area contributed by atoms with E-state index in [9.17, 15) is 14.1 Å². The molecule has 1 atom stereocenters. The predicted octanol–water partition coefficient (Wildman–Crippen LogP) is 4.42. The van der Waals surface area contributed by atoms with Gasteiger partial charge in [0, 0.05) is 17.9 Å². The maximum atomic E-state index is 12.1. The summed E-state index contributed by atoms with van der Waals surface area (Å²) in [6.07, 6.45) is 0.846. The summed E-state index contributed by atoms with van der Waals surface area (Å²) < 4.78 is 20.3. The van der Waals surface area contributed by atoms with Crippen molar-refractivity contribution in [1.82, 2.24) is 15.0 Å². The molecule has 0 spiro atoms. The fraction of sp³-hybridized carbons (Fsp3) is 0.333. The summed E-state index contributed by atoms with van der Waals surface area (Å²) >= 11 is 1.55. The van der Waals surface area contributed by atoms with Gasteiger partial charge in [-0.15, -0.1) is 21.9 Å². The van der Waals surface area contributed by atoms with E-state index < -0.39 is 16.7 Å². The van der Waals surface area contributed by atoms with Crippen LogP contribution in [0.5, 0.6) is 0 Å². The lowest BCUT2D eigenvalue weighted by atomic mass is 10.2. The van der Waals surface area contributed by atoms with E-state index >= 15 is 0 Å². The number of amides is 1. The molecule has 0 aliphatic heterocycles. The zero-order valence-corrected chi connectivity index (χ0v) is 20.3. The van der Waals surface area contributed by atoms with Crippen LogP contribution in [0.1, 0.15) is 24.5 Å². The van der Waals surface area contributed by atoms with E-state index in [1.165, 1.54) is 0 Å². The third-order valence-electron chi connectivity index (χ3n) is 4.33. The number of aryl methyl sites for hydroxylation is 2. The number of hydrogen-bond acceptors (Lipinski definition) is 11. The van der Waals surface area contributed by atoms with E-state index in [2.05, 4.69) is 34.7 Å². The van der Waals surface area contributed by atoms with Gasteiger partial charge >= 0.3 is 6.09 Å². The van der Waals surface area contributed by atoms with Crippen LogP contribution in [0.4, 0.5) is 22.2 Å². The van der Waals surface area contributed by atoms with E-state index in [4.69, 9.17) is 0 Å². The standard InChI is InChI=1S/C21H25N6O4S2/c1-5-31-21(29)27-33(30)16-8-6-15(7-9-16)25-20-22-10-17(18-13(3)24-14(4)32-18)19(26-20)23-12(2)11-28/h6-10,12,28H,5,11H2,1-4H3,(H2,22,23,25,26)/q-1/t12-/m1/s1. The normalized spacial score (nSPS) is 12.9. The summed E-state index contributed by atoms with van der Waals surface area (Å²) in [4.78, 5) is 26.2. The first kappa shape index (κ1) is 24.6. The Balaban J connectivity index is 1.85. The predicted molar refractivity (Wildman–Crippen MR) is 128 cm³/mol. The van der Waals surface area contributed by atoms with Gasteiger partial charge in [-0.1, -0.05) is 17.0 Å². The fourth-order valence-corrected chi connectivity index (χ4v) is 4.43. The van der Waals surface area contributed by atoms with Crippen molar-refractivity contribution in [1.29, 1.82) is 0 Å². The molecule has 2 heterocycles. The van der Waals surface area contributed by atoms with Crippen molar-refractivity contribution in [3.8, 4) is 10.4 Å². The van der Waals surface area contributed by atoms with Gasteiger partial charge in [0.2, 0.25) is 5.95 Å². The molecule has 10 nitrogen and oxygen atoms in total. The second-order valence-electron chi connectivity index (χ2n) is 7.02. The fourth-order valence-electron chi connectivity index (χ4n) is 2.83. The number of anilines is 3. The molecule has 0 unspecified atom stereocenters. The smallest absolute Gasteiger partial charge is 0.410 e. The lowest BCUT2D eigenvalue weighted by Crippen LogP contribution is -2.21. The Labute approximate surface area is 197 Å². The molecule has 0 bridgehead atoms. The molecule has 0 aliphatic carbocycles. The molecule has 3 rings (SSSR count). The minimum Gasteiger partial charge on any atom is -0.450 e. The van der Waals surface area contributed by atoms with Gasteiger partial charge in [0.15, 0.2) is 0 Å². The van der Waals surface area contributed by atoms with Gasteiger partial charge in [-0.25, -0.2) is 14.8 Å². The molecule has 1 amide bonds. The minimum atomic E-state index is -1.85. The summed E-state index contributed by atoms with van der Waals surface area (Å²) in [6.45, 7) is 7.49. The van der Waals surface area contributed by atoms with Crippen molar-refractivity contribution in [3.63, 3.8) is 0 Å². The Bertz CT molecular complexity index is 1210. The monoisotopic (exact) mass is 489 g/mol. The first-order valence-electron chi connectivity index (χ1n) is 10.2. The van der Waals surface area contributed by atoms with E-state index in [1.54, 1.807) is 48.7 Å². The van der Waals surface area contributed by atoms with Crippen LogP contribution in [0, 0.1) is 13.8 Å². The number of benzene rings is 1. The molecule has 176 valence electrons. The first-order valence-corrected chi connectivity index (χ1v) is 12.1. The zero-order chi connectivity index (χ0) is 24.0. The second-order valence-corrected chi connectivity index (χ2v) is 9.38. The third-order valence-corrected chi connectivity index (χ3v) is 6.43. The number of rotatable bonds is 8. The maximum absolute atomic E-state index is 12.1. The van der Waals surface area contributed by atoms with Crippen molar-refractivity contribution in [3.05, 3.63) is 41.2 Å². The van der Waals surface area contributed by atoms with Gasteiger partial charge in [-0.2, -0.15) is 4.98 Å². The van der Waals surface area contributed by atoms with Crippen molar-refractivity contribution in [2.45, 2.75) is 38.6 Å². The molecule has 0 saturated heterocycles. The highest BCUT2D eigenvalue weighted by molar-refractivity contribution is 7.75. The van der Waals surface area contributed by atoms with Crippen molar-refractivity contribution < 1.29 is 18.8 Å². The quantitative estimate of drug-likeness (QED) is 0.392. The highest BCUT2D eigenvalue weighted by atomic mass is 32.2. The number of carbonyl (C=O) groups is 1. The molecule has 3 N–H and O–H groups in total. The van der Waals surface area contributed by atoms with Gasteiger partial charge in [0.05, 0.1) is 34.4 Å². The van der Waals surface area contributed by atoms with Gasteiger partial charge in [-0.3, -0.25) is 4.36 Å². The Morgan fingerprint density at radius 1 is 1.27 bits per heavy atom. The molecule has 0 saturated carbocycles. The van der Waals surface area contributed by atoms with Crippen LogP contribution < -0.4 is 10.6 Å². The number of ether oxygens (including phenoxy) is 1. The van der Waals surface area contributed by atoms with Crippen LogP contribution in [0.3, 0.4) is 0 Å². The minimum absolute atomic E-state index is 0.0532. The number of hydrogen-bond donors (Lipinski definition) is 3. The van der Waals surface area contributed by atoms with E-state index in [1.807, 2.05) is 20.8 Å².